The number of hydrogen-bond donors (Lipinski definition) is 0. The second kappa shape index (κ2) is 7.47. The Balaban J connectivity index is 1.99. The third kappa shape index (κ3) is 4.78. The summed E-state index contributed by atoms with van der Waals surface area (Å²) in [6.07, 6.45) is -4.82. The highest BCUT2D eigenvalue weighted by atomic mass is 79.9. The number of thioether (sulfide) groups is 1. The Morgan fingerprint density at radius 3 is 2.56 bits per heavy atom. The van der Waals surface area contributed by atoms with Crippen molar-refractivity contribution in [1.29, 1.82) is 0 Å². The van der Waals surface area contributed by atoms with E-state index in [0.29, 0.717) is 20.3 Å². The van der Waals surface area contributed by atoms with Crippen molar-refractivity contribution in [2.45, 2.75) is 11.3 Å². The molecular formula is C18H13BrF3NO3S. The van der Waals surface area contributed by atoms with E-state index in [4.69, 9.17) is 4.42 Å². The molecule has 9 heteroatoms. The van der Waals surface area contributed by atoms with Crippen molar-refractivity contribution < 1.29 is 27.1 Å². The van der Waals surface area contributed by atoms with E-state index in [1.807, 2.05) is 0 Å². The highest BCUT2D eigenvalue weighted by Crippen LogP contribution is 2.39. The summed E-state index contributed by atoms with van der Waals surface area (Å²) in [7, 11) is 3.29. The maximum absolute atomic E-state index is 12.7. The predicted molar refractivity (Wildman–Crippen MR) is 101 cm³/mol. The molecule has 0 saturated carbocycles. The maximum atomic E-state index is 12.7. The fraction of sp³-hybridized carbons (Fsp3) is 0.167. The monoisotopic (exact) mass is 459 g/mol. The zero-order valence-electron chi connectivity index (χ0n) is 14.1. The van der Waals surface area contributed by atoms with Crippen LogP contribution in [0.4, 0.5) is 18.0 Å². The van der Waals surface area contributed by atoms with Gasteiger partial charge in [0.1, 0.15) is 17.1 Å². The van der Waals surface area contributed by atoms with Crippen molar-refractivity contribution in [3.63, 3.8) is 0 Å². The quantitative estimate of drug-likeness (QED) is 0.417. The van der Waals surface area contributed by atoms with Gasteiger partial charge in [-0.15, -0.1) is 13.2 Å². The highest BCUT2D eigenvalue weighted by Gasteiger charge is 2.32. The zero-order valence-corrected chi connectivity index (χ0v) is 16.5. The Hall–Kier alpha value is -2.13. The molecule has 0 spiro atoms. The van der Waals surface area contributed by atoms with Gasteiger partial charge in [0.25, 0.3) is 5.24 Å². The minimum atomic E-state index is -4.82. The molecule has 1 aromatic heterocycles. The summed E-state index contributed by atoms with van der Waals surface area (Å²) in [5.41, 5.74) is 0.632. The van der Waals surface area contributed by atoms with Crippen LogP contribution in [0.25, 0.3) is 22.3 Å². The van der Waals surface area contributed by atoms with Crippen molar-refractivity contribution in [2.75, 3.05) is 14.1 Å². The predicted octanol–water partition coefficient (Wildman–Crippen LogP) is 6.53. The number of rotatable bonds is 3. The summed E-state index contributed by atoms with van der Waals surface area (Å²) in [4.78, 5) is 13.9. The van der Waals surface area contributed by atoms with Crippen LogP contribution in [0.15, 0.2) is 56.2 Å². The van der Waals surface area contributed by atoms with E-state index < -0.39 is 6.36 Å². The van der Waals surface area contributed by atoms with Crippen molar-refractivity contribution >= 4 is 43.9 Å². The first-order valence-electron chi connectivity index (χ1n) is 7.61. The second-order valence-corrected chi connectivity index (χ2v) is 7.70. The van der Waals surface area contributed by atoms with Gasteiger partial charge in [-0.2, -0.15) is 0 Å². The molecule has 2 aromatic carbocycles. The standard InChI is InChI=1S/C18H13BrF3NO3S/c1-23(2)17(24)27-12-5-3-10-7-15(25-14(10)9-12)13-6-4-11(19)8-16(13)26-18(20,21)22/h3-9H,1-2H3. The molecular weight excluding hydrogens is 447 g/mol. The molecule has 0 saturated heterocycles. The molecule has 0 aliphatic heterocycles. The SMILES string of the molecule is CN(C)C(=O)Sc1ccc2cc(-c3ccc(Br)cc3OC(F)(F)F)oc2c1. The summed E-state index contributed by atoms with van der Waals surface area (Å²) in [6.45, 7) is 0. The van der Waals surface area contributed by atoms with Crippen LogP contribution in [-0.4, -0.2) is 30.6 Å². The first-order chi connectivity index (χ1) is 12.6. The van der Waals surface area contributed by atoms with Gasteiger partial charge in [-0.3, -0.25) is 4.79 Å². The third-order valence-corrected chi connectivity index (χ3v) is 5.02. The molecule has 142 valence electrons. The van der Waals surface area contributed by atoms with Crippen LogP contribution >= 0.6 is 27.7 Å². The van der Waals surface area contributed by atoms with Gasteiger partial charge in [-0.1, -0.05) is 15.9 Å². The molecule has 0 fully saturated rings. The van der Waals surface area contributed by atoms with Gasteiger partial charge < -0.3 is 14.1 Å². The normalized spacial score (nSPS) is 11.6. The number of ether oxygens (including phenoxy) is 1. The number of alkyl halides is 3. The summed E-state index contributed by atoms with van der Waals surface area (Å²) in [5.74, 6) is -0.133. The second-order valence-electron chi connectivity index (χ2n) is 5.76. The van der Waals surface area contributed by atoms with Crippen molar-refractivity contribution in [3.05, 3.63) is 46.9 Å². The van der Waals surface area contributed by atoms with Gasteiger partial charge in [-0.05, 0) is 54.2 Å². The van der Waals surface area contributed by atoms with Gasteiger partial charge >= 0.3 is 6.36 Å². The largest absolute Gasteiger partial charge is 0.573 e. The average Bonchev–Trinajstić information content (AvgIpc) is 2.96. The van der Waals surface area contributed by atoms with E-state index in [0.717, 1.165) is 11.8 Å². The van der Waals surface area contributed by atoms with Gasteiger partial charge in [-0.25, -0.2) is 0 Å². The molecule has 0 unspecified atom stereocenters. The lowest BCUT2D eigenvalue weighted by atomic mass is 10.1. The zero-order chi connectivity index (χ0) is 19.8. The summed E-state index contributed by atoms with van der Waals surface area (Å²) in [6, 6.07) is 11.1. The number of benzene rings is 2. The number of carbonyl (C=O) groups excluding carboxylic acids is 1. The van der Waals surface area contributed by atoms with E-state index in [1.54, 1.807) is 44.4 Å². The highest BCUT2D eigenvalue weighted by molar-refractivity contribution is 9.10. The summed E-state index contributed by atoms with van der Waals surface area (Å²) < 4.78 is 48.4. The Labute approximate surface area is 165 Å². The summed E-state index contributed by atoms with van der Waals surface area (Å²) in [5, 5.41) is 0.558. The Kier molecular flexibility index (Phi) is 5.43. The fourth-order valence-electron chi connectivity index (χ4n) is 2.31. The number of furan rings is 1. The molecule has 0 bridgehead atoms. The van der Waals surface area contributed by atoms with Crippen molar-refractivity contribution in [3.8, 4) is 17.1 Å². The number of amides is 1. The molecule has 1 amide bonds. The number of hydrogen-bond acceptors (Lipinski definition) is 4. The van der Waals surface area contributed by atoms with E-state index in [1.165, 1.54) is 17.0 Å². The molecule has 3 rings (SSSR count). The maximum Gasteiger partial charge on any atom is 0.573 e. The van der Waals surface area contributed by atoms with Crippen LogP contribution in [0, 0.1) is 0 Å². The third-order valence-electron chi connectivity index (χ3n) is 3.50. The van der Waals surface area contributed by atoms with Crippen LogP contribution in [0.3, 0.4) is 0 Å². The molecule has 0 aliphatic rings. The topological polar surface area (TPSA) is 42.7 Å². The van der Waals surface area contributed by atoms with E-state index >= 15 is 0 Å². The van der Waals surface area contributed by atoms with Gasteiger partial charge in [0.2, 0.25) is 0 Å². The molecule has 0 aliphatic carbocycles. The van der Waals surface area contributed by atoms with Crippen LogP contribution in [0.1, 0.15) is 0 Å². The smallest absolute Gasteiger partial charge is 0.456 e. The van der Waals surface area contributed by atoms with Crippen LogP contribution in [0.5, 0.6) is 5.75 Å². The van der Waals surface area contributed by atoms with E-state index in [-0.39, 0.29) is 22.3 Å². The summed E-state index contributed by atoms with van der Waals surface area (Å²) >= 11 is 4.17. The fourth-order valence-corrected chi connectivity index (χ4v) is 3.33. The molecule has 3 aromatic rings. The minimum Gasteiger partial charge on any atom is -0.456 e. The van der Waals surface area contributed by atoms with Gasteiger partial charge in [0, 0.05) is 28.8 Å². The molecule has 27 heavy (non-hydrogen) atoms. The molecule has 0 atom stereocenters. The van der Waals surface area contributed by atoms with E-state index in [9.17, 15) is 18.0 Å². The average molecular weight is 460 g/mol. The van der Waals surface area contributed by atoms with E-state index in [2.05, 4.69) is 20.7 Å². The number of carbonyl (C=O) groups is 1. The van der Waals surface area contributed by atoms with Gasteiger partial charge in [0.05, 0.1) is 5.56 Å². The lowest BCUT2D eigenvalue weighted by Crippen LogP contribution is -2.17. The molecule has 0 N–H and O–H groups in total. The Morgan fingerprint density at radius 2 is 1.89 bits per heavy atom. The lowest BCUT2D eigenvalue weighted by molar-refractivity contribution is -0.274. The van der Waals surface area contributed by atoms with Crippen LogP contribution in [-0.2, 0) is 0 Å². The molecule has 1 heterocycles. The van der Waals surface area contributed by atoms with Gasteiger partial charge in [0.15, 0.2) is 0 Å². The number of halogens is 4. The van der Waals surface area contributed by atoms with Crippen molar-refractivity contribution in [2.24, 2.45) is 0 Å². The first kappa shape index (κ1) is 19.6. The van der Waals surface area contributed by atoms with Crippen LogP contribution in [0.2, 0.25) is 0 Å². The number of fused-ring (bicyclic) bond motifs is 1. The molecule has 4 nitrogen and oxygen atoms in total. The van der Waals surface area contributed by atoms with Crippen molar-refractivity contribution in [1.82, 2.24) is 4.90 Å². The molecule has 0 radical (unpaired) electrons. The Morgan fingerprint density at radius 1 is 1.15 bits per heavy atom. The first-order valence-corrected chi connectivity index (χ1v) is 9.22. The lowest BCUT2D eigenvalue weighted by Gasteiger charge is -2.12. The number of nitrogens with zero attached hydrogens (tertiary/aromatic N) is 1. The minimum absolute atomic E-state index is 0.144. The van der Waals surface area contributed by atoms with Crippen LogP contribution < -0.4 is 4.74 Å². The Bertz CT molecular complexity index is 1000.